The molecule has 1 atom stereocenters. The van der Waals surface area contributed by atoms with E-state index in [0.717, 1.165) is 31.7 Å². The Morgan fingerprint density at radius 3 is 2.96 bits per heavy atom. The van der Waals surface area contributed by atoms with Crippen molar-refractivity contribution in [3.05, 3.63) is 23.9 Å². The fourth-order valence-electron chi connectivity index (χ4n) is 2.88. The highest BCUT2D eigenvalue weighted by Gasteiger charge is 2.28. The largest absolute Gasteiger partial charge is 0.444 e. The zero-order valence-corrected chi connectivity index (χ0v) is 15.0. The highest BCUT2D eigenvalue weighted by Crippen LogP contribution is 2.21. The maximum atomic E-state index is 12.2. The Morgan fingerprint density at radius 2 is 2.29 bits per heavy atom. The highest BCUT2D eigenvalue weighted by molar-refractivity contribution is 5.68. The molecule has 2 rings (SSSR count). The summed E-state index contributed by atoms with van der Waals surface area (Å²) in [5.41, 5.74) is 0.133. The first kappa shape index (κ1) is 18.1. The van der Waals surface area contributed by atoms with Crippen molar-refractivity contribution in [2.45, 2.75) is 39.2 Å². The van der Waals surface area contributed by atoms with Crippen LogP contribution in [0.25, 0.3) is 0 Å². The molecule has 1 aliphatic heterocycles. The molecule has 2 heterocycles. The van der Waals surface area contributed by atoms with Crippen molar-refractivity contribution in [3.63, 3.8) is 0 Å². The average Bonchev–Trinajstić information content (AvgIpc) is 2.53. The maximum absolute atomic E-state index is 12.2. The molecule has 1 amide bonds. The highest BCUT2D eigenvalue weighted by atomic mass is 16.6. The van der Waals surface area contributed by atoms with E-state index in [0.29, 0.717) is 18.0 Å². The van der Waals surface area contributed by atoms with Crippen molar-refractivity contribution >= 4 is 11.9 Å². The van der Waals surface area contributed by atoms with Crippen LogP contribution in [0.3, 0.4) is 0 Å². The fourth-order valence-corrected chi connectivity index (χ4v) is 2.88. The van der Waals surface area contributed by atoms with Crippen molar-refractivity contribution in [1.82, 2.24) is 9.88 Å². The number of hydrogen-bond acceptors (Lipinski definition) is 5. The molecule has 6 heteroatoms. The lowest BCUT2D eigenvalue weighted by molar-refractivity contribution is 0.0170. The molecule has 1 aliphatic rings. The lowest BCUT2D eigenvalue weighted by Crippen LogP contribution is -2.45. The van der Waals surface area contributed by atoms with E-state index >= 15 is 0 Å². The number of carbonyl (C=O) groups excluding carboxylic acids is 1. The van der Waals surface area contributed by atoms with Gasteiger partial charge in [0.15, 0.2) is 0 Å². The maximum Gasteiger partial charge on any atom is 0.410 e. The molecular formula is C18H26N4O2. The number of rotatable bonds is 3. The predicted molar refractivity (Wildman–Crippen MR) is 92.8 cm³/mol. The van der Waals surface area contributed by atoms with Gasteiger partial charge in [-0.05, 0) is 51.7 Å². The molecule has 24 heavy (non-hydrogen) atoms. The molecule has 1 saturated heterocycles. The summed E-state index contributed by atoms with van der Waals surface area (Å²) in [4.78, 5) is 20.4. The number of piperidine rings is 1. The number of likely N-dealkylation sites (tertiary alicyclic amines) is 1. The van der Waals surface area contributed by atoms with Crippen molar-refractivity contribution in [2.75, 3.05) is 31.6 Å². The minimum atomic E-state index is -0.470. The van der Waals surface area contributed by atoms with Crippen LogP contribution < -0.4 is 4.90 Å². The van der Waals surface area contributed by atoms with E-state index in [1.165, 1.54) is 0 Å². The smallest absolute Gasteiger partial charge is 0.410 e. The summed E-state index contributed by atoms with van der Waals surface area (Å²) in [6.45, 7) is 7.88. The topological polar surface area (TPSA) is 69.5 Å². The molecule has 0 unspecified atom stereocenters. The molecule has 0 aliphatic carbocycles. The Balaban J connectivity index is 1.95. The lowest BCUT2D eigenvalue weighted by atomic mass is 9.98. The normalized spacial score (nSPS) is 18.0. The molecule has 0 spiro atoms. The van der Waals surface area contributed by atoms with E-state index < -0.39 is 5.60 Å². The van der Waals surface area contributed by atoms with E-state index in [-0.39, 0.29) is 6.09 Å². The minimum Gasteiger partial charge on any atom is -0.444 e. The van der Waals surface area contributed by atoms with Crippen molar-refractivity contribution in [2.24, 2.45) is 5.92 Å². The average molecular weight is 330 g/mol. The molecule has 130 valence electrons. The standard InChI is InChI=1S/C18H26N4O2/c1-18(2,3)24-17(23)22-9-5-6-15(13-22)12-21(4)16-10-14(11-19)7-8-20-16/h7-8,10,15H,5-6,9,12-13H2,1-4H3/t15-/m0/s1. The number of hydrogen-bond donors (Lipinski definition) is 0. The minimum absolute atomic E-state index is 0.237. The van der Waals surface area contributed by atoms with Crippen LogP contribution in [0, 0.1) is 17.2 Å². The summed E-state index contributed by atoms with van der Waals surface area (Å²) >= 11 is 0. The van der Waals surface area contributed by atoms with Crippen LogP contribution in [0.4, 0.5) is 10.6 Å². The summed E-state index contributed by atoms with van der Waals surface area (Å²) in [5.74, 6) is 1.15. The van der Waals surface area contributed by atoms with Crippen LogP contribution in [0.2, 0.25) is 0 Å². The van der Waals surface area contributed by atoms with Gasteiger partial charge in [0.2, 0.25) is 0 Å². The van der Waals surface area contributed by atoms with Crippen LogP contribution in [0.15, 0.2) is 18.3 Å². The number of anilines is 1. The monoisotopic (exact) mass is 330 g/mol. The van der Waals surface area contributed by atoms with E-state index in [1.54, 1.807) is 23.2 Å². The number of ether oxygens (including phenoxy) is 1. The lowest BCUT2D eigenvalue weighted by Gasteiger charge is -2.35. The van der Waals surface area contributed by atoms with Gasteiger partial charge in [0.25, 0.3) is 0 Å². The third-order valence-corrected chi connectivity index (χ3v) is 3.97. The molecule has 1 fully saturated rings. The molecule has 0 radical (unpaired) electrons. The molecular weight excluding hydrogens is 304 g/mol. The van der Waals surface area contributed by atoms with Gasteiger partial charge in [0, 0.05) is 32.9 Å². The first-order valence-electron chi connectivity index (χ1n) is 8.33. The third-order valence-electron chi connectivity index (χ3n) is 3.97. The van der Waals surface area contributed by atoms with Crippen LogP contribution in [-0.2, 0) is 4.74 Å². The van der Waals surface area contributed by atoms with Crippen LogP contribution in [0.5, 0.6) is 0 Å². The second kappa shape index (κ2) is 7.52. The second-order valence-electron chi connectivity index (χ2n) is 7.33. The van der Waals surface area contributed by atoms with E-state index in [4.69, 9.17) is 10.00 Å². The van der Waals surface area contributed by atoms with Gasteiger partial charge in [-0.2, -0.15) is 5.26 Å². The number of amides is 1. The van der Waals surface area contributed by atoms with Gasteiger partial charge in [0.05, 0.1) is 11.6 Å². The molecule has 6 nitrogen and oxygen atoms in total. The third kappa shape index (κ3) is 5.12. The number of carbonyl (C=O) groups is 1. The molecule has 1 aromatic rings. The van der Waals surface area contributed by atoms with E-state index in [1.807, 2.05) is 32.7 Å². The van der Waals surface area contributed by atoms with Gasteiger partial charge in [-0.25, -0.2) is 9.78 Å². The van der Waals surface area contributed by atoms with E-state index in [9.17, 15) is 4.79 Å². The predicted octanol–water partition coefficient (Wildman–Crippen LogP) is 3.04. The first-order chi connectivity index (χ1) is 11.3. The Bertz CT molecular complexity index is 618. The molecule has 0 bridgehead atoms. The van der Waals surface area contributed by atoms with E-state index in [2.05, 4.69) is 11.1 Å². The summed E-state index contributed by atoms with van der Waals surface area (Å²) in [5, 5.41) is 9.00. The van der Waals surface area contributed by atoms with Gasteiger partial charge in [-0.3, -0.25) is 0 Å². The Labute approximate surface area is 144 Å². The Kier molecular flexibility index (Phi) is 5.66. The Hall–Kier alpha value is -2.29. The van der Waals surface area contributed by atoms with Crippen molar-refractivity contribution in [1.29, 1.82) is 5.26 Å². The number of nitrogens with zero attached hydrogens (tertiary/aromatic N) is 4. The Morgan fingerprint density at radius 1 is 1.54 bits per heavy atom. The number of pyridine rings is 1. The molecule has 0 saturated carbocycles. The number of aromatic nitrogens is 1. The second-order valence-corrected chi connectivity index (χ2v) is 7.33. The SMILES string of the molecule is CN(C[C@@H]1CCCN(C(=O)OC(C)(C)C)C1)c1cc(C#N)ccn1. The quantitative estimate of drug-likeness (QED) is 0.852. The van der Waals surface area contributed by atoms with Gasteiger partial charge in [-0.15, -0.1) is 0 Å². The summed E-state index contributed by atoms with van der Waals surface area (Å²) in [6, 6.07) is 5.62. The van der Waals surface area contributed by atoms with Crippen molar-refractivity contribution in [3.8, 4) is 6.07 Å². The molecule has 0 aromatic carbocycles. The van der Waals surface area contributed by atoms with Gasteiger partial charge >= 0.3 is 6.09 Å². The summed E-state index contributed by atoms with van der Waals surface area (Å²) in [7, 11) is 1.97. The summed E-state index contributed by atoms with van der Waals surface area (Å²) < 4.78 is 5.47. The zero-order chi connectivity index (χ0) is 17.7. The van der Waals surface area contributed by atoms with Crippen molar-refractivity contribution < 1.29 is 9.53 Å². The number of nitriles is 1. The fraction of sp³-hybridized carbons (Fsp3) is 0.611. The van der Waals surface area contributed by atoms with Gasteiger partial charge in [-0.1, -0.05) is 0 Å². The van der Waals surface area contributed by atoms with Crippen LogP contribution in [-0.4, -0.2) is 48.3 Å². The van der Waals surface area contributed by atoms with Gasteiger partial charge in [0.1, 0.15) is 11.4 Å². The molecule has 0 N–H and O–H groups in total. The first-order valence-corrected chi connectivity index (χ1v) is 8.33. The van der Waals surface area contributed by atoms with Gasteiger partial charge < -0.3 is 14.5 Å². The van der Waals surface area contributed by atoms with Crippen LogP contribution in [0.1, 0.15) is 39.2 Å². The molecule has 1 aromatic heterocycles. The summed E-state index contributed by atoms with van der Waals surface area (Å²) in [6.07, 6.45) is 3.46. The zero-order valence-electron chi connectivity index (χ0n) is 15.0. The van der Waals surface area contributed by atoms with Crippen LogP contribution >= 0.6 is 0 Å².